The van der Waals surface area contributed by atoms with Crippen molar-refractivity contribution in [2.75, 3.05) is 20.2 Å². The number of rotatable bonds is 7. The molecule has 0 spiro atoms. The molecule has 0 radical (unpaired) electrons. The molecule has 15 heavy (non-hydrogen) atoms. The molecule has 0 aromatic heterocycles. The van der Waals surface area contributed by atoms with E-state index in [-0.39, 0.29) is 5.60 Å². The van der Waals surface area contributed by atoms with Gasteiger partial charge in [-0.3, -0.25) is 4.90 Å². The van der Waals surface area contributed by atoms with Crippen LogP contribution in [-0.2, 0) is 4.74 Å². The van der Waals surface area contributed by atoms with E-state index in [1.54, 1.807) is 7.11 Å². The first-order chi connectivity index (χ1) is 7.09. The van der Waals surface area contributed by atoms with Gasteiger partial charge >= 0.3 is 0 Å². The van der Waals surface area contributed by atoms with Gasteiger partial charge in [-0.1, -0.05) is 0 Å². The molecule has 0 N–H and O–H groups in total. The Kier molecular flexibility index (Phi) is 4.56. The number of nitrogens with zero attached hydrogens (tertiary/aromatic N) is 2. The van der Waals surface area contributed by atoms with Gasteiger partial charge in [0, 0.05) is 32.7 Å². The molecule has 0 bridgehead atoms. The van der Waals surface area contributed by atoms with Gasteiger partial charge in [-0.05, 0) is 33.1 Å². The van der Waals surface area contributed by atoms with Crippen LogP contribution in [0.25, 0.3) is 0 Å². The largest absolute Gasteiger partial charge is 0.379 e. The topological polar surface area (TPSA) is 36.3 Å². The lowest BCUT2D eigenvalue weighted by Crippen LogP contribution is -2.34. The minimum atomic E-state index is -0.0419. The van der Waals surface area contributed by atoms with Crippen molar-refractivity contribution in [1.29, 1.82) is 5.26 Å². The molecule has 0 atom stereocenters. The van der Waals surface area contributed by atoms with Gasteiger partial charge in [0.25, 0.3) is 0 Å². The summed E-state index contributed by atoms with van der Waals surface area (Å²) in [6.45, 7) is 6.19. The van der Waals surface area contributed by atoms with E-state index in [2.05, 4.69) is 24.8 Å². The molecule has 1 aliphatic rings. The second-order valence-corrected chi connectivity index (χ2v) is 4.89. The van der Waals surface area contributed by atoms with Gasteiger partial charge in [-0.15, -0.1) is 0 Å². The van der Waals surface area contributed by atoms with Crippen molar-refractivity contribution in [3.63, 3.8) is 0 Å². The molecule has 3 heteroatoms. The molecule has 0 amide bonds. The maximum Gasteiger partial charge on any atom is 0.0635 e. The highest BCUT2D eigenvalue weighted by Gasteiger charge is 2.29. The van der Waals surface area contributed by atoms with Gasteiger partial charge < -0.3 is 4.74 Å². The molecular weight excluding hydrogens is 188 g/mol. The summed E-state index contributed by atoms with van der Waals surface area (Å²) < 4.78 is 5.40. The maximum atomic E-state index is 8.59. The molecule has 0 saturated heterocycles. The third kappa shape index (κ3) is 4.63. The smallest absolute Gasteiger partial charge is 0.0635 e. The minimum Gasteiger partial charge on any atom is -0.379 e. The molecule has 0 heterocycles. The van der Waals surface area contributed by atoms with E-state index in [1.165, 1.54) is 12.8 Å². The van der Waals surface area contributed by atoms with Crippen LogP contribution in [0.15, 0.2) is 0 Å². The summed E-state index contributed by atoms with van der Waals surface area (Å²) in [7, 11) is 1.76. The lowest BCUT2D eigenvalue weighted by atomic mass is 10.0. The number of ether oxygens (including phenoxy) is 1. The number of nitriles is 1. The Morgan fingerprint density at radius 3 is 2.53 bits per heavy atom. The van der Waals surface area contributed by atoms with Crippen LogP contribution in [0.4, 0.5) is 0 Å². The van der Waals surface area contributed by atoms with Crippen LogP contribution in [0.2, 0.25) is 0 Å². The van der Waals surface area contributed by atoms with Gasteiger partial charge in [-0.2, -0.15) is 5.26 Å². The van der Waals surface area contributed by atoms with Gasteiger partial charge in [-0.25, -0.2) is 0 Å². The number of hydrogen-bond donors (Lipinski definition) is 0. The van der Waals surface area contributed by atoms with E-state index in [1.807, 2.05) is 0 Å². The zero-order valence-corrected chi connectivity index (χ0v) is 10.1. The summed E-state index contributed by atoms with van der Waals surface area (Å²) in [5.41, 5.74) is -0.0419. The monoisotopic (exact) mass is 210 g/mol. The second-order valence-electron chi connectivity index (χ2n) is 4.89. The summed E-state index contributed by atoms with van der Waals surface area (Å²) in [5.74, 6) is 0. The first-order valence-corrected chi connectivity index (χ1v) is 5.75. The molecule has 3 nitrogen and oxygen atoms in total. The van der Waals surface area contributed by atoms with Crippen LogP contribution in [-0.4, -0.2) is 36.7 Å². The predicted molar refractivity (Wildman–Crippen MR) is 60.5 cm³/mol. The van der Waals surface area contributed by atoms with Crippen molar-refractivity contribution >= 4 is 0 Å². The van der Waals surface area contributed by atoms with Crippen molar-refractivity contribution in [3.8, 4) is 6.07 Å². The predicted octanol–water partition coefficient (Wildman–Crippen LogP) is 2.18. The Balaban J connectivity index is 2.28. The molecule has 0 aromatic carbocycles. The van der Waals surface area contributed by atoms with Gasteiger partial charge in [0.05, 0.1) is 11.7 Å². The number of hydrogen-bond acceptors (Lipinski definition) is 3. The molecule has 1 rings (SSSR count). The third-order valence-corrected chi connectivity index (χ3v) is 3.13. The molecular formula is C12H22N2O. The van der Waals surface area contributed by atoms with Crippen molar-refractivity contribution in [1.82, 2.24) is 4.90 Å². The molecule has 0 unspecified atom stereocenters. The zero-order valence-electron chi connectivity index (χ0n) is 10.1. The van der Waals surface area contributed by atoms with Crippen LogP contribution < -0.4 is 0 Å². The SMILES string of the molecule is COC(C)(C)CCN(CCC#N)C1CC1. The van der Waals surface area contributed by atoms with E-state index in [0.717, 1.165) is 25.6 Å². The zero-order chi connectivity index (χ0) is 11.3. The van der Waals surface area contributed by atoms with Gasteiger partial charge in [0.1, 0.15) is 0 Å². The quantitative estimate of drug-likeness (QED) is 0.646. The fourth-order valence-corrected chi connectivity index (χ4v) is 1.63. The van der Waals surface area contributed by atoms with E-state index >= 15 is 0 Å². The summed E-state index contributed by atoms with van der Waals surface area (Å²) in [4.78, 5) is 2.43. The van der Waals surface area contributed by atoms with Gasteiger partial charge in [0.15, 0.2) is 0 Å². The van der Waals surface area contributed by atoms with Crippen LogP contribution in [0, 0.1) is 11.3 Å². The Hall–Kier alpha value is -0.590. The summed E-state index contributed by atoms with van der Waals surface area (Å²) in [6, 6.07) is 2.96. The Morgan fingerprint density at radius 2 is 2.07 bits per heavy atom. The minimum absolute atomic E-state index is 0.0419. The fraction of sp³-hybridized carbons (Fsp3) is 0.917. The highest BCUT2D eigenvalue weighted by atomic mass is 16.5. The molecule has 86 valence electrons. The van der Waals surface area contributed by atoms with E-state index in [4.69, 9.17) is 10.00 Å². The van der Waals surface area contributed by atoms with E-state index < -0.39 is 0 Å². The molecule has 1 fully saturated rings. The average molecular weight is 210 g/mol. The van der Waals surface area contributed by atoms with E-state index in [0.29, 0.717) is 6.42 Å². The molecule has 1 aliphatic carbocycles. The van der Waals surface area contributed by atoms with Crippen molar-refractivity contribution in [3.05, 3.63) is 0 Å². The summed E-state index contributed by atoms with van der Waals surface area (Å²) >= 11 is 0. The first kappa shape index (κ1) is 12.5. The Bertz CT molecular complexity index is 228. The normalized spacial score (nSPS) is 16.7. The van der Waals surface area contributed by atoms with E-state index in [9.17, 15) is 0 Å². The standard InChI is InChI=1S/C12H22N2O/c1-12(2,15-3)7-10-14(9-4-8-13)11-5-6-11/h11H,4-7,9-10H2,1-3H3. The highest BCUT2D eigenvalue weighted by Crippen LogP contribution is 2.28. The fourth-order valence-electron chi connectivity index (χ4n) is 1.63. The van der Waals surface area contributed by atoms with Crippen LogP contribution >= 0.6 is 0 Å². The van der Waals surface area contributed by atoms with Crippen LogP contribution in [0.3, 0.4) is 0 Å². The lowest BCUT2D eigenvalue weighted by Gasteiger charge is -2.28. The van der Waals surface area contributed by atoms with Crippen molar-refractivity contribution in [2.24, 2.45) is 0 Å². The molecule has 0 aliphatic heterocycles. The summed E-state index contributed by atoms with van der Waals surface area (Å²) in [6.07, 6.45) is 4.28. The maximum absolute atomic E-state index is 8.59. The lowest BCUT2D eigenvalue weighted by molar-refractivity contribution is 0.00695. The Labute approximate surface area is 93.0 Å². The Morgan fingerprint density at radius 1 is 1.40 bits per heavy atom. The first-order valence-electron chi connectivity index (χ1n) is 5.75. The third-order valence-electron chi connectivity index (χ3n) is 3.13. The van der Waals surface area contributed by atoms with Gasteiger partial charge in [0.2, 0.25) is 0 Å². The van der Waals surface area contributed by atoms with Crippen LogP contribution in [0.5, 0.6) is 0 Å². The van der Waals surface area contributed by atoms with Crippen molar-refractivity contribution < 1.29 is 4.74 Å². The van der Waals surface area contributed by atoms with Crippen LogP contribution in [0.1, 0.15) is 39.5 Å². The summed E-state index contributed by atoms with van der Waals surface area (Å²) in [5, 5.41) is 8.59. The highest BCUT2D eigenvalue weighted by molar-refractivity contribution is 4.87. The molecule has 0 aromatic rings. The number of methoxy groups -OCH3 is 1. The average Bonchev–Trinajstić information content (AvgIpc) is 3.02. The van der Waals surface area contributed by atoms with Crippen molar-refractivity contribution in [2.45, 2.75) is 51.2 Å². The molecule has 1 saturated carbocycles. The second kappa shape index (κ2) is 5.48.